The van der Waals surface area contributed by atoms with E-state index < -0.39 is 0 Å². The molecule has 0 radical (unpaired) electrons. The molecule has 0 saturated carbocycles. The van der Waals surface area contributed by atoms with Crippen LogP contribution in [-0.4, -0.2) is 47.2 Å². The summed E-state index contributed by atoms with van der Waals surface area (Å²) in [6, 6.07) is 3.61. The van der Waals surface area contributed by atoms with Crippen molar-refractivity contribution < 1.29 is 14.7 Å². The quantitative estimate of drug-likeness (QED) is 0.503. The molecule has 1 aromatic rings. The number of likely N-dealkylation sites (tertiary alicyclic amines) is 1. The summed E-state index contributed by atoms with van der Waals surface area (Å²) < 4.78 is 0. The Kier molecular flexibility index (Phi) is 8.89. The molecule has 174 valence electrons. The van der Waals surface area contributed by atoms with Gasteiger partial charge in [-0.2, -0.15) is 0 Å². The zero-order valence-electron chi connectivity index (χ0n) is 19.9. The summed E-state index contributed by atoms with van der Waals surface area (Å²) in [6.45, 7) is 15.0. The second-order valence-electron chi connectivity index (χ2n) is 10.4. The van der Waals surface area contributed by atoms with E-state index in [9.17, 15) is 14.7 Å². The lowest BCUT2D eigenvalue weighted by Crippen LogP contribution is -2.33. The summed E-state index contributed by atoms with van der Waals surface area (Å²) >= 11 is 0. The SMILES string of the molecule is Br.CC(=O)NCCC1CCN(CC(=O)c2cc(C(C)(C)C)c(O)c(C(C)(C)C)c2)C1=N. The van der Waals surface area contributed by atoms with E-state index in [2.05, 4.69) is 5.32 Å². The van der Waals surface area contributed by atoms with Crippen molar-refractivity contribution in [3.8, 4) is 5.75 Å². The number of nitrogens with one attached hydrogen (secondary N) is 2. The van der Waals surface area contributed by atoms with Gasteiger partial charge in [-0.1, -0.05) is 41.5 Å². The van der Waals surface area contributed by atoms with Crippen molar-refractivity contribution in [2.45, 2.75) is 72.1 Å². The Labute approximate surface area is 197 Å². The average Bonchev–Trinajstić information content (AvgIpc) is 2.93. The number of hydrogen-bond donors (Lipinski definition) is 3. The van der Waals surface area contributed by atoms with Gasteiger partial charge in [0.15, 0.2) is 5.78 Å². The fourth-order valence-electron chi connectivity index (χ4n) is 3.90. The van der Waals surface area contributed by atoms with E-state index in [1.54, 1.807) is 12.1 Å². The molecule has 1 aliphatic rings. The first-order chi connectivity index (χ1) is 13.7. The standard InChI is InChI=1S/C24H37N3O3.BrH/c1-15(28)26-10-8-16-9-11-27(22(16)25)14-20(29)17-12-18(23(2,3)4)21(30)19(13-17)24(5,6)7;/h12-13,16,25,30H,8-11,14H2,1-7H3,(H,26,28);1H. The Morgan fingerprint density at radius 2 is 1.65 bits per heavy atom. The molecule has 2 rings (SSSR count). The van der Waals surface area contributed by atoms with Gasteiger partial charge in [0.25, 0.3) is 0 Å². The molecule has 1 aromatic carbocycles. The maximum Gasteiger partial charge on any atom is 0.216 e. The highest BCUT2D eigenvalue weighted by atomic mass is 79.9. The van der Waals surface area contributed by atoms with Crippen LogP contribution in [0.3, 0.4) is 0 Å². The van der Waals surface area contributed by atoms with Crippen LogP contribution in [0.15, 0.2) is 12.1 Å². The molecule has 6 nitrogen and oxygen atoms in total. The van der Waals surface area contributed by atoms with Crippen molar-refractivity contribution in [1.82, 2.24) is 10.2 Å². The third-order valence-corrected chi connectivity index (χ3v) is 5.72. The minimum atomic E-state index is -0.296. The molecule has 31 heavy (non-hydrogen) atoms. The predicted octanol–water partition coefficient (Wildman–Crippen LogP) is 4.57. The Morgan fingerprint density at radius 1 is 1.13 bits per heavy atom. The highest BCUT2D eigenvalue weighted by Crippen LogP contribution is 2.40. The zero-order chi connectivity index (χ0) is 22.9. The Hall–Kier alpha value is -1.89. The number of amidine groups is 1. The number of Topliss-reactive ketones (excluding diaryl/α,β-unsaturated/α-hetero) is 1. The number of ketones is 1. The Morgan fingerprint density at radius 3 is 2.10 bits per heavy atom. The van der Waals surface area contributed by atoms with Gasteiger partial charge < -0.3 is 15.3 Å². The number of benzene rings is 1. The summed E-state index contributed by atoms with van der Waals surface area (Å²) in [5, 5.41) is 22.1. The van der Waals surface area contributed by atoms with Crippen LogP contribution in [0.4, 0.5) is 0 Å². The largest absolute Gasteiger partial charge is 0.507 e. The minimum Gasteiger partial charge on any atom is -0.507 e. The number of aromatic hydroxyl groups is 1. The molecule has 7 heteroatoms. The van der Waals surface area contributed by atoms with Crippen LogP contribution in [0.5, 0.6) is 5.75 Å². The summed E-state index contributed by atoms with van der Waals surface area (Å²) in [5.74, 6) is 0.694. The van der Waals surface area contributed by atoms with Crippen LogP contribution in [0.25, 0.3) is 0 Å². The van der Waals surface area contributed by atoms with Gasteiger partial charge in [-0.3, -0.25) is 15.0 Å². The predicted molar refractivity (Wildman–Crippen MR) is 131 cm³/mol. The molecule has 0 spiro atoms. The van der Waals surface area contributed by atoms with E-state index in [0.29, 0.717) is 30.9 Å². The van der Waals surface area contributed by atoms with Crippen molar-refractivity contribution in [3.63, 3.8) is 0 Å². The Balaban J connectivity index is 0.00000480. The van der Waals surface area contributed by atoms with Crippen LogP contribution < -0.4 is 5.32 Å². The third kappa shape index (κ3) is 6.79. The van der Waals surface area contributed by atoms with E-state index in [1.807, 2.05) is 46.4 Å². The number of phenolic OH excluding ortho intramolecular Hbond substituents is 1. The number of carbonyl (C=O) groups is 2. The van der Waals surface area contributed by atoms with Gasteiger partial charge in [-0.05, 0) is 35.8 Å². The molecule has 1 unspecified atom stereocenters. The molecule has 1 atom stereocenters. The third-order valence-electron chi connectivity index (χ3n) is 5.72. The van der Waals surface area contributed by atoms with Crippen LogP contribution in [0.2, 0.25) is 0 Å². The van der Waals surface area contributed by atoms with Gasteiger partial charge >= 0.3 is 0 Å². The molecule has 1 aliphatic heterocycles. The van der Waals surface area contributed by atoms with Crippen molar-refractivity contribution in [3.05, 3.63) is 28.8 Å². The lowest BCUT2D eigenvalue weighted by atomic mass is 9.78. The summed E-state index contributed by atoms with van der Waals surface area (Å²) in [5.41, 5.74) is 1.52. The number of amides is 1. The molecule has 0 aromatic heterocycles. The minimum absolute atomic E-state index is 0. The highest BCUT2D eigenvalue weighted by Gasteiger charge is 2.31. The maximum atomic E-state index is 13.1. The number of halogens is 1. The van der Waals surface area contributed by atoms with Gasteiger partial charge in [0.05, 0.1) is 12.4 Å². The normalized spacial score (nSPS) is 16.8. The van der Waals surface area contributed by atoms with E-state index in [1.165, 1.54) is 6.92 Å². The van der Waals surface area contributed by atoms with Crippen molar-refractivity contribution in [1.29, 1.82) is 5.41 Å². The van der Waals surface area contributed by atoms with E-state index in [0.717, 1.165) is 17.5 Å². The van der Waals surface area contributed by atoms with Gasteiger partial charge in [0, 0.05) is 42.6 Å². The molecular formula is C24H38BrN3O3. The second kappa shape index (κ2) is 10.2. The molecule has 3 N–H and O–H groups in total. The van der Waals surface area contributed by atoms with Gasteiger partial charge in [-0.15, -0.1) is 17.0 Å². The number of hydrogen-bond acceptors (Lipinski definition) is 4. The number of phenols is 1. The summed E-state index contributed by atoms with van der Waals surface area (Å²) in [4.78, 5) is 26.0. The van der Waals surface area contributed by atoms with Gasteiger partial charge in [0.1, 0.15) is 5.75 Å². The Bertz CT molecular complexity index is 802. The van der Waals surface area contributed by atoms with Crippen molar-refractivity contribution in [2.24, 2.45) is 5.92 Å². The van der Waals surface area contributed by atoms with E-state index in [-0.39, 0.29) is 57.7 Å². The van der Waals surface area contributed by atoms with Crippen LogP contribution in [-0.2, 0) is 15.6 Å². The zero-order valence-corrected chi connectivity index (χ0v) is 21.6. The topological polar surface area (TPSA) is 93.5 Å². The van der Waals surface area contributed by atoms with Crippen LogP contribution in [0, 0.1) is 11.3 Å². The molecular weight excluding hydrogens is 458 g/mol. The maximum absolute atomic E-state index is 13.1. The van der Waals surface area contributed by atoms with Crippen LogP contribution in [0.1, 0.15) is 82.8 Å². The number of carbonyl (C=O) groups excluding carboxylic acids is 2. The first-order valence-corrected chi connectivity index (χ1v) is 10.7. The van der Waals surface area contributed by atoms with E-state index >= 15 is 0 Å². The second-order valence-corrected chi connectivity index (χ2v) is 10.4. The van der Waals surface area contributed by atoms with E-state index in [4.69, 9.17) is 5.41 Å². The first-order valence-electron chi connectivity index (χ1n) is 10.7. The molecule has 0 bridgehead atoms. The lowest BCUT2D eigenvalue weighted by molar-refractivity contribution is -0.118. The molecule has 1 fully saturated rings. The molecule has 1 saturated heterocycles. The average molecular weight is 496 g/mol. The first kappa shape index (κ1) is 27.1. The molecule has 1 amide bonds. The van der Waals surface area contributed by atoms with Crippen LogP contribution >= 0.6 is 17.0 Å². The van der Waals surface area contributed by atoms with Crippen molar-refractivity contribution in [2.75, 3.05) is 19.6 Å². The fourth-order valence-corrected chi connectivity index (χ4v) is 3.90. The summed E-state index contributed by atoms with van der Waals surface area (Å²) in [7, 11) is 0. The number of nitrogens with zero attached hydrogens (tertiary/aromatic N) is 1. The smallest absolute Gasteiger partial charge is 0.216 e. The van der Waals surface area contributed by atoms with Gasteiger partial charge in [0.2, 0.25) is 5.91 Å². The van der Waals surface area contributed by atoms with Gasteiger partial charge in [-0.25, -0.2) is 0 Å². The fraction of sp³-hybridized carbons (Fsp3) is 0.625. The lowest BCUT2D eigenvalue weighted by Gasteiger charge is -2.28. The summed E-state index contributed by atoms with van der Waals surface area (Å²) in [6.07, 6.45) is 1.53. The monoisotopic (exact) mass is 495 g/mol. The van der Waals surface area contributed by atoms with Crippen molar-refractivity contribution >= 4 is 34.5 Å². The highest BCUT2D eigenvalue weighted by molar-refractivity contribution is 8.93. The molecule has 0 aliphatic carbocycles. The number of rotatable bonds is 6. The molecule has 1 heterocycles.